The Balaban J connectivity index is 1.76. The largest absolute Gasteiger partial charge is 0.497 e. The zero-order chi connectivity index (χ0) is 18.2. The van der Waals surface area contributed by atoms with Gasteiger partial charge in [-0.1, -0.05) is 12.1 Å². The van der Waals surface area contributed by atoms with E-state index in [1.165, 1.54) is 4.90 Å². The molecule has 1 unspecified atom stereocenters. The number of likely N-dealkylation sites (tertiary alicyclic amines) is 1. The van der Waals surface area contributed by atoms with Gasteiger partial charge in [0.15, 0.2) is 6.61 Å². The normalized spacial score (nSPS) is 17.0. The van der Waals surface area contributed by atoms with Crippen LogP contribution in [0.3, 0.4) is 0 Å². The van der Waals surface area contributed by atoms with Gasteiger partial charge in [0.1, 0.15) is 11.8 Å². The fourth-order valence-corrected chi connectivity index (χ4v) is 2.86. The van der Waals surface area contributed by atoms with Crippen molar-refractivity contribution in [2.24, 2.45) is 5.73 Å². The molecule has 2 amide bonds. The average molecular weight is 348 g/mol. The number of nitrogens with zero attached hydrogens (tertiary/aromatic N) is 1. The van der Waals surface area contributed by atoms with Crippen LogP contribution in [-0.2, 0) is 25.5 Å². The maximum absolute atomic E-state index is 12.2. The lowest BCUT2D eigenvalue weighted by Gasteiger charge is -2.33. The molecule has 1 aromatic rings. The summed E-state index contributed by atoms with van der Waals surface area (Å²) in [4.78, 5) is 36.9. The van der Waals surface area contributed by atoms with Crippen molar-refractivity contribution in [2.75, 3.05) is 20.3 Å². The van der Waals surface area contributed by atoms with E-state index in [2.05, 4.69) is 0 Å². The Hall–Kier alpha value is -2.57. The monoisotopic (exact) mass is 348 g/mol. The van der Waals surface area contributed by atoms with Crippen molar-refractivity contribution in [3.05, 3.63) is 29.8 Å². The first-order valence-corrected chi connectivity index (χ1v) is 8.38. The number of carbonyl (C=O) groups is 3. The molecule has 1 fully saturated rings. The molecule has 7 heteroatoms. The lowest BCUT2D eigenvalue weighted by atomic mass is 10.0. The Morgan fingerprint density at radius 2 is 1.92 bits per heavy atom. The number of piperidine rings is 1. The van der Waals surface area contributed by atoms with Gasteiger partial charge in [0.25, 0.3) is 5.91 Å². The standard InChI is InChI=1S/C18H24N2O5/c1-24-14-8-5-13(6-9-14)7-10-17(22)25-12-16(21)20-11-3-2-4-15(20)18(19)23/h5-6,8-9,15H,2-4,7,10-12H2,1H3,(H2,19,23). The highest BCUT2D eigenvalue weighted by Crippen LogP contribution is 2.17. The van der Waals surface area contributed by atoms with Crippen molar-refractivity contribution in [1.82, 2.24) is 4.90 Å². The number of hydrogen-bond acceptors (Lipinski definition) is 5. The van der Waals surface area contributed by atoms with Crippen LogP contribution in [0.15, 0.2) is 24.3 Å². The maximum atomic E-state index is 12.2. The molecule has 0 bridgehead atoms. The van der Waals surface area contributed by atoms with Crippen LogP contribution in [0.2, 0.25) is 0 Å². The number of methoxy groups -OCH3 is 1. The molecule has 0 aliphatic carbocycles. The lowest BCUT2D eigenvalue weighted by Crippen LogP contribution is -2.51. The molecule has 0 spiro atoms. The van der Waals surface area contributed by atoms with Crippen LogP contribution in [0.4, 0.5) is 0 Å². The highest BCUT2D eigenvalue weighted by molar-refractivity contribution is 5.88. The highest BCUT2D eigenvalue weighted by Gasteiger charge is 2.30. The Morgan fingerprint density at radius 3 is 2.56 bits per heavy atom. The van der Waals surface area contributed by atoms with Gasteiger partial charge in [-0.05, 0) is 43.4 Å². The van der Waals surface area contributed by atoms with Gasteiger partial charge in [0.05, 0.1) is 7.11 Å². The van der Waals surface area contributed by atoms with Crippen molar-refractivity contribution in [3.8, 4) is 5.75 Å². The Labute approximate surface area is 147 Å². The second-order valence-electron chi connectivity index (χ2n) is 6.01. The third-order valence-corrected chi connectivity index (χ3v) is 4.29. The van der Waals surface area contributed by atoms with Gasteiger partial charge >= 0.3 is 5.97 Å². The molecular weight excluding hydrogens is 324 g/mol. The minimum atomic E-state index is -0.598. The third-order valence-electron chi connectivity index (χ3n) is 4.29. The number of hydrogen-bond donors (Lipinski definition) is 1. The zero-order valence-corrected chi connectivity index (χ0v) is 14.4. The van der Waals surface area contributed by atoms with Crippen LogP contribution >= 0.6 is 0 Å². The molecule has 1 aliphatic heterocycles. The summed E-state index contributed by atoms with van der Waals surface area (Å²) in [6.45, 7) is 0.112. The predicted molar refractivity (Wildman–Crippen MR) is 90.8 cm³/mol. The number of rotatable bonds is 7. The molecule has 136 valence electrons. The summed E-state index contributed by atoms with van der Waals surface area (Å²) < 4.78 is 10.1. The SMILES string of the molecule is COc1ccc(CCC(=O)OCC(=O)N2CCCCC2C(N)=O)cc1. The summed E-state index contributed by atoms with van der Waals surface area (Å²) in [5, 5.41) is 0. The van der Waals surface area contributed by atoms with Crippen LogP contribution < -0.4 is 10.5 Å². The third kappa shape index (κ3) is 5.48. The molecule has 1 saturated heterocycles. The van der Waals surface area contributed by atoms with Gasteiger partial charge in [0, 0.05) is 13.0 Å². The van der Waals surface area contributed by atoms with E-state index in [1.807, 2.05) is 24.3 Å². The molecular formula is C18H24N2O5. The Bertz CT molecular complexity index is 614. The number of amides is 2. The van der Waals surface area contributed by atoms with Crippen molar-refractivity contribution in [2.45, 2.75) is 38.1 Å². The van der Waals surface area contributed by atoms with Gasteiger partial charge < -0.3 is 20.1 Å². The number of esters is 1. The molecule has 25 heavy (non-hydrogen) atoms. The molecule has 1 aliphatic rings. The minimum Gasteiger partial charge on any atom is -0.497 e. The number of carbonyl (C=O) groups excluding carboxylic acids is 3. The van der Waals surface area contributed by atoms with E-state index in [9.17, 15) is 14.4 Å². The Kier molecular flexibility index (Phi) is 6.80. The summed E-state index contributed by atoms with van der Waals surface area (Å²) in [5.41, 5.74) is 6.32. The van der Waals surface area contributed by atoms with Crippen LogP contribution in [0.1, 0.15) is 31.2 Å². The first-order valence-electron chi connectivity index (χ1n) is 8.38. The summed E-state index contributed by atoms with van der Waals surface area (Å²) in [6, 6.07) is 6.80. The molecule has 1 aromatic carbocycles. The quantitative estimate of drug-likeness (QED) is 0.742. The molecule has 0 radical (unpaired) electrons. The number of nitrogens with two attached hydrogens (primary N) is 1. The first kappa shape index (κ1) is 18.8. The van der Waals surface area contributed by atoms with Crippen LogP contribution in [0.25, 0.3) is 0 Å². The van der Waals surface area contributed by atoms with Crippen molar-refractivity contribution < 1.29 is 23.9 Å². The van der Waals surface area contributed by atoms with E-state index >= 15 is 0 Å². The van der Waals surface area contributed by atoms with Crippen LogP contribution in [0.5, 0.6) is 5.75 Å². The van der Waals surface area contributed by atoms with E-state index in [1.54, 1.807) is 7.11 Å². The van der Waals surface area contributed by atoms with Gasteiger partial charge in [-0.2, -0.15) is 0 Å². The highest BCUT2D eigenvalue weighted by atomic mass is 16.5. The molecule has 2 rings (SSSR count). The fourth-order valence-electron chi connectivity index (χ4n) is 2.86. The van der Waals surface area contributed by atoms with E-state index in [4.69, 9.17) is 15.2 Å². The smallest absolute Gasteiger partial charge is 0.306 e. The van der Waals surface area contributed by atoms with Gasteiger partial charge in [0.2, 0.25) is 5.91 Å². The average Bonchev–Trinajstić information content (AvgIpc) is 2.64. The van der Waals surface area contributed by atoms with Gasteiger partial charge in [-0.25, -0.2) is 0 Å². The predicted octanol–water partition coefficient (Wildman–Crippen LogP) is 1.04. The second-order valence-corrected chi connectivity index (χ2v) is 6.01. The van der Waals surface area contributed by atoms with E-state index in [0.717, 1.165) is 24.2 Å². The molecule has 1 heterocycles. The number of aryl methyl sites for hydroxylation is 1. The van der Waals surface area contributed by atoms with Crippen LogP contribution in [-0.4, -0.2) is 49.0 Å². The summed E-state index contributed by atoms with van der Waals surface area (Å²) in [6.07, 6.45) is 2.94. The molecule has 2 N–H and O–H groups in total. The van der Waals surface area contributed by atoms with E-state index < -0.39 is 17.9 Å². The zero-order valence-electron chi connectivity index (χ0n) is 14.4. The molecule has 7 nitrogen and oxygen atoms in total. The maximum Gasteiger partial charge on any atom is 0.306 e. The molecule has 0 aromatic heterocycles. The second kappa shape index (κ2) is 9.05. The topological polar surface area (TPSA) is 98.9 Å². The number of ether oxygens (including phenoxy) is 2. The Morgan fingerprint density at radius 1 is 1.20 bits per heavy atom. The van der Waals surface area contributed by atoms with Crippen LogP contribution in [0, 0.1) is 0 Å². The summed E-state index contributed by atoms with van der Waals surface area (Å²) >= 11 is 0. The fraction of sp³-hybridized carbons (Fsp3) is 0.500. The summed E-state index contributed by atoms with van der Waals surface area (Å²) in [7, 11) is 1.59. The number of benzene rings is 1. The first-order chi connectivity index (χ1) is 12.0. The number of primary amides is 1. The minimum absolute atomic E-state index is 0.179. The van der Waals surface area contributed by atoms with Crippen molar-refractivity contribution >= 4 is 17.8 Å². The lowest BCUT2D eigenvalue weighted by molar-refractivity contribution is -0.154. The molecule has 1 atom stereocenters. The van der Waals surface area contributed by atoms with Gasteiger partial charge in [-0.15, -0.1) is 0 Å². The van der Waals surface area contributed by atoms with E-state index in [0.29, 0.717) is 19.4 Å². The molecule has 0 saturated carbocycles. The van der Waals surface area contributed by atoms with Crippen molar-refractivity contribution in [1.29, 1.82) is 0 Å². The summed E-state index contributed by atoms with van der Waals surface area (Å²) in [5.74, 6) is -0.584. The van der Waals surface area contributed by atoms with Crippen molar-refractivity contribution in [3.63, 3.8) is 0 Å². The van der Waals surface area contributed by atoms with E-state index in [-0.39, 0.29) is 18.9 Å². The van der Waals surface area contributed by atoms with Gasteiger partial charge in [-0.3, -0.25) is 14.4 Å².